The van der Waals surface area contributed by atoms with Gasteiger partial charge in [-0.15, -0.1) is 0 Å². The summed E-state index contributed by atoms with van der Waals surface area (Å²) in [5.74, 6) is -0.475. The molecule has 0 saturated carbocycles. The second-order valence-electron chi connectivity index (χ2n) is 5.43. The molecule has 0 radical (unpaired) electrons. The first-order chi connectivity index (χ1) is 9.91. The highest BCUT2D eigenvalue weighted by Gasteiger charge is 2.11. The Kier molecular flexibility index (Phi) is 6.72. The van der Waals surface area contributed by atoms with Crippen molar-refractivity contribution < 1.29 is 14.7 Å². The number of carbonyl (C=O) groups excluding carboxylic acids is 1. The van der Waals surface area contributed by atoms with Gasteiger partial charge in [-0.1, -0.05) is 32.0 Å². The molecule has 0 aromatic heterocycles. The van der Waals surface area contributed by atoms with Gasteiger partial charge in [-0.2, -0.15) is 0 Å². The minimum atomic E-state index is -0.805. The van der Waals surface area contributed by atoms with Crippen molar-refractivity contribution in [3.8, 4) is 0 Å². The fourth-order valence-corrected chi connectivity index (χ4v) is 2.10. The van der Waals surface area contributed by atoms with Gasteiger partial charge in [-0.05, 0) is 36.8 Å². The first kappa shape index (κ1) is 17.0. The van der Waals surface area contributed by atoms with Crippen molar-refractivity contribution in [3.05, 3.63) is 29.3 Å². The lowest BCUT2D eigenvalue weighted by molar-refractivity contribution is -0.137. The van der Waals surface area contributed by atoms with Crippen LogP contribution in [-0.4, -0.2) is 23.7 Å². The molecule has 0 saturated heterocycles. The number of rotatable bonds is 7. The molecule has 0 unspecified atom stereocenters. The lowest BCUT2D eigenvalue weighted by Crippen LogP contribution is -2.30. The molecule has 0 bridgehead atoms. The third kappa shape index (κ3) is 5.85. The van der Waals surface area contributed by atoms with Crippen LogP contribution in [0, 0.1) is 6.92 Å². The molecule has 1 rings (SSSR count). The molecule has 3 N–H and O–H groups in total. The van der Waals surface area contributed by atoms with Gasteiger partial charge in [0, 0.05) is 18.7 Å². The second-order valence-corrected chi connectivity index (χ2v) is 5.43. The van der Waals surface area contributed by atoms with Gasteiger partial charge in [0.25, 0.3) is 0 Å². The number of hydrogen-bond donors (Lipinski definition) is 3. The molecule has 1 aromatic carbocycles. The molecule has 5 heteroatoms. The maximum atomic E-state index is 11.9. The van der Waals surface area contributed by atoms with E-state index in [9.17, 15) is 9.59 Å². The lowest BCUT2D eigenvalue weighted by atomic mass is 9.98. The van der Waals surface area contributed by atoms with Crippen molar-refractivity contribution in [3.63, 3.8) is 0 Å². The second kappa shape index (κ2) is 8.29. The van der Waals surface area contributed by atoms with Crippen LogP contribution in [0.2, 0.25) is 0 Å². The van der Waals surface area contributed by atoms with Crippen molar-refractivity contribution in [1.82, 2.24) is 5.32 Å². The summed E-state index contributed by atoms with van der Waals surface area (Å²) >= 11 is 0. The van der Waals surface area contributed by atoms with Crippen LogP contribution in [0.1, 0.15) is 50.2 Å². The average molecular weight is 292 g/mol. The molecule has 21 heavy (non-hydrogen) atoms. The molecule has 0 spiro atoms. The molecule has 0 heterocycles. The minimum absolute atomic E-state index is 0.137. The van der Waals surface area contributed by atoms with Gasteiger partial charge < -0.3 is 15.7 Å². The molecule has 5 nitrogen and oxygen atoms in total. The van der Waals surface area contributed by atoms with Crippen molar-refractivity contribution in [2.24, 2.45) is 0 Å². The molecule has 0 aliphatic rings. The highest BCUT2D eigenvalue weighted by atomic mass is 16.4. The van der Waals surface area contributed by atoms with Gasteiger partial charge in [0.2, 0.25) is 0 Å². The van der Waals surface area contributed by atoms with Crippen molar-refractivity contribution >= 4 is 17.7 Å². The van der Waals surface area contributed by atoms with Crippen molar-refractivity contribution in [2.75, 3.05) is 11.9 Å². The quantitative estimate of drug-likeness (QED) is 0.673. The van der Waals surface area contributed by atoms with Gasteiger partial charge in [-0.3, -0.25) is 4.79 Å². The van der Waals surface area contributed by atoms with Crippen LogP contribution in [0.25, 0.3) is 0 Å². The van der Waals surface area contributed by atoms with E-state index in [1.54, 1.807) is 0 Å². The van der Waals surface area contributed by atoms with E-state index in [1.807, 2.05) is 25.1 Å². The molecule has 0 aliphatic heterocycles. The zero-order valence-electron chi connectivity index (χ0n) is 12.9. The third-order valence-corrected chi connectivity index (χ3v) is 3.27. The van der Waals surface area contributed by atoms with E-state index in [0.29, 0.717) is 25.3 Å². The zero-order chi connectivity index (χ0) is 15.8. The largest absolute Gasteiger partial charge is 0.481 e. The highest BCUT2D eigenvalue weighted by molar-refractivity contribution is 5.91. The molecule has 0 fully saturated rings. The number of carboxylic acid groups (broad SMARTS) is 1. The van der Waals surface area contributed by atoms with E-state index in [2.05, 4.69) is 24.5 Å². The number of aryl methyl sites for hydroxylation is 1. The SMILES string of the molecule is Cc1cccc(C(C)C)c1NC(=O)NCCCCC(=O)O. The molecule has 2 amide bonds. The van der Waals surface area contributed by atoms with E-state index in [0.717, 1.165) is 16.8 Å². The molecule has 1 aromatic rings. The number of aliphatic carboxylic acids is 1. The number of para-hydroxylation sites is 1. The smallest absolute Gasteiger partial charge is 0.319 e. The number of hydrogen-bond acceptors (Lipinski definition) is 2. The fraction of sp³-hybridized carbons (Fsp3) is 0.500. The van der Waals surface area contributed by atoms with Crippen LogP contribution in [0.4, 0.5) is 10.5 Å². The molecule has 0 aliphatic carbocycles. The summed E-state index contributed by atoms with van der Waals surface area (Å²) < 4.78 is 0. The summed E-state index contributed by atoms with van der Waals surface area (Å²) in [4.78, 5) is 22.3. The number of nitrogens with one attached hydrogen (secondary N) is 2. The van der Waals surface area contributed by atoms with Gasteiger partial charge >= 0.3 is 12.0 Å². The van der Waals surface area contributed by atoms with Gasteiger partial charge in [-0.25, -0.2) is 4.79 Å². The van der Waals surface area contributed by atoms with E-state index < -0.39 is 5.97 Å². The summed E-state index contributed by atoms with van der Waals surface area (Å²) in [6.45, 7) is 6.61. The molecule has 116 valence electrons. The highest BCUT2D eigenvalue weighted by Crippen LogP contribution is 2.27. The number of benzene rings is 1. The van der Waals surface area contributed by atoms with Crippen LogP contribution in [0.3, 0.4) is 0 Å². The Morgan fingerprint density at radius 2 is 1.95 bits per heavy atom. The van der Waals surface area contributed by atoms with Crippen molar-refractivity contribution in [2.45, 2.75) is 46.0 Å². The summed E-state index contributed by atoms with van der Waals surface area (Å²) in [7, 11) is 0. The average Bonchev–Trinajstić information content (AvgIpc) is 2.40. The van der Waals surface area contributed by atoms with Gasteiger partial charge in [0.15, 0.2) is 0 Å². The van der Waals surface area contributed by atoms with Crippen LogP contribution >= 0.6 is 0 Å². The standard InChI is InChI=1S/C16H24N2O3/c1-11(2)13-8-6-7-12(3)15(13)18-16(21)17-10-5-4-9-14(19)20/h6-8,11H,4-5,9-10H2,1-3H3,(H,19,20)(H2,17,18,21). The maximum absolute atomic E-state index is 11.9. The van der Waals surface area contributed by atoms with Crippen LogP contribution in [0.15, 0.2) is 18.2 Å². The lowest BCUT2D eigenvalue weighted by Gasteiger charge is -2.16. The maximum Gasteiger partial charge on any atom is 0.319 e. The molecular formula is C16H24N2O3. The van der Waals surface area contributed by atoms with Gasteiger partial charge in [0.05, 0.1) is 0 Å². The topological polar surface area (TPSA) is 78.4 Å². The summed E-state index contributed by atoms with van der Waals surface area (Å²) in [5, 5.41) is 14.2. The molecular weight excluding hydrogens is 268 g/mol. The van der Waals surface area contributed by atoms with E-state index in [1.165, 1.54) is 0 Å². The summed E-state index contributed by atoms with van der Waals surface area (Å²) in [6, 6.07) is 5.72. The van der Waals surface area contributed by atoms with E-state index in [-0.39, 0.29) is 12.5 Å². The number of anilines is 1. The number of urea groups is 1. The van der Waals surface area contributed by atoms with E-state index >= 15 is 0 Å². The predicted octanol–water partition coefficient (Wildman–Crippen LogP) is 3.49. The first-order valence-electron chi connectivity index (χ1n) is 7.28. The number of carboxylic acids is 1. The van der Waals surface area contributed by atoms with Crippen molar-refractivity contribution in [1.29, 1.82) is 0 Å². The number of amides is 2. The minimum Gasteiger partial charge on any atom is -0.481 e. The van der Waals surface area contributed by atoms with E-state index in [4.69, 9.17) is 5.11 Å². The number of carbonyl (C=O) groups is 2. The van der Waals surface area contributed by atoms with Gasteiger partial charge in [0.1, 0.15) is 0 Å². The Morgan fingerprint density at radius 1 is 1.24 bits per heavy atom. The zero-order valence-corrected chi connectivity index (χ0v) is 12.9. The normalized spacial score (nSPS) is 10.5. The third-order valence-electron chi connectivity index (χ3n) is 3.27. The monoisotopic (exact) mass is 292 g/mol. The Balaban J connectivity index is 2.50. The number of unbranched alkanes of at least 4 members (excludes halogenated alkanes) is 1. The Labute approximate surface area is 125 Å². The predicted molar refractivity (Wildman–Crippen MR) is 83.8 cm³/mol. The first-order valence-corrected chi connectivity index (χ1v) is 7.28. The van der Waals surface area contributed by atoms with Crippen LogP contribution in [0.5, 0.6) is 0 Å². The Bertz CT molecular complexity index is 498. The Morgan fingerprint density at radius 3 is 2.57 bits per heavy atom. The van der Waals surface area contributed by atoms with Crippen LogP contribution in [-0.2, 0) is 4.79 Å². The molecule has 0 atom stereocenters. The van der Waals surface area contributed by atoms with Crippen LogP contribution < -0.4 is 10.6 Å². The Hall–Kier alpha value is -2.04. The summed E-state index contributed by atoms with van der Waals surface area (Å²) in [5.41, 5.74) is 2.99. The summed E-state index contributed by atoms with van der Waals surface area (Å²) in [6.07, 6.45) is 1.36. The fourth-order valence-electron chi connectivity index (χ4n) is 2.10.